The minimum atomic E-state index is -0.616. The number of aryl methyl sites for hydroxylation is 1. The molecular formula is C38H68O3. The van der Waals surface area contributed by atoms with E-state index in [1.807, 2.05) is 41.5 Å². The predicted molar refractivity (Wildman–Crippen MR) is 179 cm³/mol. The summed E-state index contributed by atoms with van der Waals surface area (Å²) in [6.45, 7) is 29.7. The SMILES string of the molecule is CC.CC(=O)C(C)(C)C(C)(C)Oc1c(C)cc2c(c1C)CCC(C)(CCCC(C)CCCC(C)CCCC(C)C)O2. The first kappa shape index (κ1) is 37.5. The van der Waals surface area contributed by atoms with E-state index in [0.29, 0.717) is 0 Å². The highest BCUT2D eigenvalue weighted by molar-refractivity contribution is 5.82. The summed E-state index contributed by atoms with van der Waals surface area (Å²) in [4.78, 5) is 12.3. The Morgan fingerprint density at radius 2 is 1.44 bits per heavy atom. The van der Waals surface area contributed by atoms with Crippen LogP contribution in [0.15, 0.2) is 6.07 Å². The van der Waals surface area contributed by atoms with E-state index in [-0.39, 0.29) is 11.4 Å². The van der Waals surface area contributed by atoms with Crippen molar-refractivity contribution in [1.82, 2.24) is 0 Å². The van der Waals surface area contributed by atoms with Crippen molar-refractivity contribution in [1.29, 1.82) is 0 Å². The van der Waals surface area contributed by atoms with Crippen LogP contribution in [0.5, 0.6) is 11.5 Å². The topological polar surface area (TPSA) is 35.5 Å². The molecule has 0 fully saturated rings. The molecule has 0 N–H and O–H groups in total. The number of hydrogen-bond acceptors (Lipinski definition) is 3. The monoisotopic (exact) mass is 573 g/mol. The second-order valence-electron chi connectivity index (χ2n) is 14.8. The van der Waals surface area contributed by atoms with Gasteiger partial charge in [-0.15, -0.1) is 0 Å². The van der Waals surface area contributed by atoms with E-state index in [9.17, 15) is 4.79 Å². The number of rotatable bonds is 16. The van der Waals surface area contributed by atoms with Crippen LogP contribution in [0.3, 0.4) is 0 Å². The molecule has 1 aromatic carbocycles. The Morgan fingerprint density at radius 1 is 0.927 bits per heavy atom. The Kier molecular flexibility index (Phi) is 15.0. The Morgan fingerprint density at radius 3 is 1.95 bits per heavy atom. The predicted octanol–water partition coefficient (Wildman–Crippen LogP) is 11.6. The van der Waals surface area contributed by atoms with Crippen LogP contribution < -0.4 is 9.47 Å². The van der Waals surface area contributed by atoms with Gasteiger partial charge in [-0.3, -0.25) is 4.79 Å². The summed E-state index contributed by atoms with van der Waals surface area (Å²) in [5.74, 6) is 4.57. The second kappa shape index (κ2) is 16.4. The fraction of sp³-hybridized carbons (Fsp3) is 0.816. The van der Waals surface area contributed by atoms with Gasteiger partial charge in [-0.1, -0.05) is 86.5 Å². The lowest BCUT2D eigenvalue weighted by Gasteiger charge is -2.42. The van der Waals surface area contributed by atoms with Crippen LogP contribution in [-0.4, -0.2) is 17.0 Å². The molecule has 0 aromatic heterocycles. The molecule has 3 atom stereocenters. The van der Waals surface area contributed by atoms with Crippen molar-refractivity contribution < 1.29 is 14.3 Å². The first-order chi connectivity index (χ1) is 19.0. The Labute approximate surface area is 255 Å². The fourth-order valence-electron chi connectivity index (χ4n) is 6.02. The van der Waals surface area contributed by atoms with Crippen LogP contribution in [-0.2, 0) is 11.2 Å². The zero-order valence-electron chi connectivity index (χ0n) is 29.8. The van der Waals surface area contributed by atoms with Gasteiger partial charge in [-0.2, -0.15) is 0 Å². The summed E-state index contributed by atoms with van der Waals surface area (Å²) in [6, 6.07) is 2.16. The molecule has 0 amide bonds. The molecule has 1 aromatic rings. The van der Waals surface area contributed by atoms with Gasteiger partial charge in [0.05, 0.1) is 5.41 Å². The third-order valence-corrected chi connectivity index (χ3v) is 10.1. The molecule has 2 rings (SSSR count). The Bertz CT molecular complexity index is 941. The van der Waals surface area contributed by atoms with Crippen molar-refractivity contribution in [3.63, 3.8) is 0 Å². The molecule has 0 bridgehead atoms. The first-order valence-electron chi connectivity index (χ1n) is 17.0. The number of Topliss-reactive ketones (excluding diaryl/α,β-unsaturated/α-hetero) is 1. The largest absolute Gasteiger partial charge is 0.487 e. The van der Waals surface area contributed by atoms with E-state index in [0.717, 1.165) is 59.6 Å². The molecular weight excluding hydrogens is 504 g/mol. The van der Waals surface area contributed by atoms with Crippen LogP contribution in [0.2, 0.25) is 0 Å². The van der Waals surface area contributed by atoms with E-state index in [2.05, 4.69) is 54.5 Å². The maximum Gasteiger partial charge on any atom is 0.139 e. The van der Waals surface area contributed by atoms with E-state index >= 15 is 0 Å². The number of ether oxygens (including phenoxy) is 2. The third-order valence-electron chi connectivity index (χ3n) is 10.1. The minimum Gasteiger partial charge on any atom is -0.487 e. The zero-order chi connectivity index (χ0) is 31.6. The lowest BCUT2D eigenvalue weighted by Crippen LogP contribution is -2.48. The molecule has 1 heterocycles. The number of hydrogen-bond donors (Lipinski definition) is 0. The number of fused-ring (bicyclic) bond motifs is 1. The van der Waals surface area contributed by atoms with Gasteiger partial charge in [0.25, 0.3) is 0 Å². The second-order valence-corrected chi connectivity index (χ2v) is 14.8. The van der Waals surface area contributed by atoms with Crippen molar-refractivity contribution in [2.45, 2.75) is 179 Å². The molecule has 0 radical (unpaired) electrons. The normalized spacial score (nSPS) is 18.6. The smallest absolute Gasteiger partial charge is 0.139 e. The first-order valence-corrected chi connectivity index (χ1v) is 17.0. The summed E-state index contributed by atoms with van der Waals surface area (Å²) < 4.78 is 13.3. The summed E-state index contributed by atoms with van der Waals surface area (Å²) in [7, 11) is 0. The van der Waals surface area contributed by atoms with Crippen LogP contribution in [0.25, 0.3) is 0 Å². The number of carbonyl (C=O) groups excluding carboxylic acids is 1. The highest BCUT2D eigenvalue weighted by Gasteiger charge is 2.44. The van der Waals surface area contributed by atoms with Crippen LogP contribution in [0.4, 0.5) is 0 Å². The molecule has 0 aliphatic carbocycles. The quantitative estimate of drug-likeness (QED) is 0.198. The molecule has 0 saturated carbocycles. The van der Waals surface area contributed by atoms with E-state index in [1.165, 1.54) is 56.9 Å². The van der Waals surface area contributed by atoms with Gasteiger partial charge in [-0.05, 0) is 116 Å². The van der Waals surface area contributed by atoms with Crippen molar-refractivity contribution >= 4 is 5.78 Å². The van der Waals surface area contributed by atoms with Gasteiger partial charge in [0.1, 0.15) is 28.5 Å². The molecule has 0 spiro atoms. The molecule has 1 aliphatic heterocycles. The van der Waals surface area contributed by atoms with Gasteiger partial charge in [0.2, 0.25) is 0 Å². The molecule has 1 aliphatic rings. The molecule has 3 unspecified atom stereocenters. The Balaban J connectivity index is 0.00000411. The Hall–Kier alpha value is -1.51. The van der Waals surface area contributed by atoms with Crippen molar-refractivity contribution in [3.05, 3.63) is 22.8 Å². The van der Waals surface area contributed by atoms with E-state index < -0.39 is 11.0 Å². The van der Waals surface area contributed by atoms with Gasteiger partial charge < -0.3 is 9.47 Å². The summed E-state index contributed by atoms with van der Waals surface area (Å²) >= 11 is 0. The summed E-state index contributed by atoms with van der Waals surface area (Å²) in [5, 5.41) is 0. The lowest BCUT2D eigenvalue weighted by atomic mass is 9.74. The van der Waals surface area contributed by atoms with Gasteiger partial charge in [0, 0.05) is 5.56 Å². The summed E-state index contributed by atoms with van der Waals surface area (Å²) in [5.41, 5.74) is 2.20. The standard InChI is InChI=1S/C36H62O3.C2H6/c1-25(2)16-13-17-26(3)18-14-19-27(4)20-15-22-36(12)23-21-31-29(6)33(28(5)24-32(31)38-36)39-35(10,11)34(8,9)30(7)37;1-2/h24-27H,13-23H2,1-12H3;1-2H3. The van der Waals surface area contributed by atoms with Crippen molar-refractivity contribution in [2.75, 3.05) is 0 Å². The highest BCUT2D eigenvalue weighted by Crippen LogP contribution is 2.45. The van der Waals surface area contributed by atoms with E-state index in [1.54, 1.807) is 6.92 Å². The van der Waals surface area contributed by atoms with Crippen molar-refractivity contribution in [3.8, 4) is 11.5 Å². The van der Waals surface area contributed by atoms with Crippen LogP contribution >= 0.6 is 0 Å². The van der Waals surface area contributed by atoms with E-state index in [4.69, 9.17) is 9.47 Å². The molecule has 0 saturated heterocycles. The zero-order valence-corrected chi connectivity index (χ0v) is 29.8. The van der Waals surface area contributed by atoms with Gasteiger partial charge in [0.15, 0.2) is 0 Å². The molecule has 238 valence electrons. The summed E-state index contributed by atoms with van der Waals surface area (Å²) in [6.07, 6.45) is 13.9. The molecule has 3 heteroatoms. The maximum absolute atomic E-state index is 12.3. The van der Waals surface area contributed by atoms with Crippen LogP contribution in [0, 0.1) is 37.0 Å². The molecule has 3 nitrogen and oxygen atoms in total. The maximum atomic E-state index is 12.3. The fourth-order valence-corrected chi connectivity index (χ4v) is 6.02. The third kappa shape index (κ3) is 10.9. The van der Waals surface area contributed by atoms with Gasteiger partial charge >= 0.3 is 0 Å². The lowest BCUT2D eigenvalue weighted by molar-refractivity contribution is -0.135. The average Bonchev–Trinajstić information content (AvgIpc) is 2.87. The number of carbonyl (C=O) groups is 1. The minimum absolute atomic E-state index is 0.102. The van der Waals surface area contributed by atoms with Crippen molar-refractivity contribution in [2.24, 2.45) is 23.2 Å². The molecule has 41 heavy (non-hydrogen) atoms. The average molecular weight is 573 g/mol. The number of benzene rings is 1. The highest BCUT2D eigenvalue weighted by atomic mass is 16.5. The van der Waals surface area contributed by atoms with Crippen LogP contribution in [0.1, 0.15) is 164 Å². The van der Waals surface area contributed by atoms with Gasteiger partial charge in [-0.25, -0.2) is 0 Å². The number of ketones is 1.